The van der Waals surface area contributed by atoms with E-state index in [-0.39, 0.29) is 5.56 Å². The van der Waals surface area contributed by atoms with Crippen LogP contribution in [0.5, 0.6) is 0 Å². The van der Waals surface area contributed by atoms with E-state index >= 15 is 0 Å². The minimum absolute atomic E-state index is 0.0841. The topological polar surface area (TPSA) is 50.7 Å². The lowest BCUT2D eigenvalue weighted by molar-refractivity contribution is 0.695. The van der Waals surface area contributed by atoms with Crippen LogP contribution in [0.3, 0.4) is 0 Å². The standard InChI is InChI=1S/C15H15N3O/c1-10-8-13(19)16-15-14(10)11(2)17-18(15)9-12-6-4-3-5-7-12/h3-8H,9H2,1-2H3,(H,16,19). The van der Waals surface area contributed by atoms with E-state index in [1.165, 1.54) is 0 Å². The molecule has 4 heteroatoms. The third-order valence-corrected chi connectivity index (χ3v) is 3.29. The summed E-state index contributed by atoms with van der Waals surface area (Å²) in [5.41, 5.74) is 3.79. The molecule has 19 heavy (non-hydrogen) atoms. The van der Waals surface area contributed by atoms with Gasteiger partial charge in [0.25, 0.3) is 0 Å². The fourth-order valence-electron chi connectivity index (χ4n) is 2.47. The zero-order chi connectivity index (χ0) is 13.4. The number of fused-ring (bicyclic) bond motifs is 1. The molecular weight excluding hydrogens is 238 g/mol. The first-order chi connectivity index (χ1) is 9.15. The highest BCUT2D eigenvalue weighted by atomic mass is 16.1. The first-order valence-corrected chi connectivity index (χ1v) is 6.26. The van der Waals surface area contributed by atoms with Crippen molar-refractivity contribution in [2.75, 3.05) is 0 Å². The summed E-state index contributed by atoms with van der Waals surface area (Å²) in [4.78, 5) is 14.5. The van der Waals surface area contributed by atoms with Crippen LogP contribution >= 0.6 is 0 Å². The molecule has 0 fully saturated rings. The van der Waals surface area contributed by atoms with E-state index in [0.717, 1.165) is 27.9 Å². The van der Waals surface area contributed by atoms with Crippen LogP contribution in [0.1, 0.15) is 16.8 Å². The molecule has 2 aromatic heterocycles. The van der Waals surface area contributed by atoms with E-state index in [1.54, 1.807) is 6.07 Å². The second-order valence-corrected chi connectivity index (χ2v) is 4.77. The molecule has 0 aliphatic heterocycles. The van der Waals surface area contributed by atoms with Crippen molar-refractivity contribution < 1.29 is 0 Å². The normalized spacial score (nSPS) is 11.1. The number of nitrogens with zero attached hydrogens (tertiary/aromatic N) is 2. The Balaban J connectivity index is 2.17. The second kappa shape index (κ2) is 4.39. The van der Waals surface area contributed by atoms with Crippen LogP contribution in [0.25, 0.3) is 11.0 Å². The molecule has 2 heterocycles. The quantitative estimate of drug-likeness (QED) is 0.762. The van der Waals surface area contributed by atoms with Crippen LogP contribution in [0.2, 0.25) is 0 Å². The molecule has 0 unspecified atom stereocenters. The number of aromatic nitrogens is 3. The summed E-state index contributed by atoms with van der Waals surface area (Å²) in [6, 6.07) is 11.7. The van der Waals surface area contributed by atoms with Crippen LogP contribution < -0.4 is 5.56 Å². The van der Waals surface area contributed by atoms with Gasteiger partial charge in [0.05, 0.1) is 12.2 Å². The van der Waals surface area contributed by atoms with Crippen LogP contribution in [-0.2, 0) is 6.54 Å². The molecule has 0 atom stereocenters. The fraction of sp³-hybridized carbons (Fsp3) is 0.200. The molecule has 0 saturated heterocycles. The molecule has 0 saturated carbocycles. The van der Waals surface area contributed by atoms with E-state index in [4.69, 9.17) is 0 Å². The van der Waals surface area contributed by atoms with Crippen molar-refractivity contribution in [1.82, 2.24) is 14.8 Å². The molecule has 0 bridgehead atoms. The lowest BCUT2D eigenvalue weighted by atomic mass is 10.2. The van der Waals surface area contributed by atoms with Crippen molar-refractivity contribution >= 4 is 11.0 Å². The van der Waals surface area contributed by atoms with Gasteiger partial charge in [-0.25, -0.2) is 4.68 Å². The molecule has 0 amide bonds. The van der Waals surface area contributed by atoms with Gasteiger partial charge in [0.2, 0.25) is 5.56 Å². The van der Waals surface area contributed by atoms with Crippen molar-refractivity contribution in [3.05, 3.63) is 63.6 Å². The summed E-state index contributed by atoms with van der Waals surface area (Å²) in [6.45, 7) is 4.57. The van der Waals surface area contributed by atoms with Crippen LogP contribution in [0.15, 0.2) is 41.2 Å². The Bertz CT molecular complexity index is 784. The molecule has 0 radical (unpaired) electrons. The van der Waals surface area contributed by atoms with Crippen molar-refractivity contribution in [2.45, 2.75) is 20.4 Å². The van der Waals surface area contributed by atoms with Gasteiger partial charge in [0, 0.05) is 11.5 Å². The molecule has 4 nitrogen and oxygen atoms in total. The number of H-pyrrole nitrogens is 1. The number of hydrogen-bond acceptors (Lipinski definition) is 2. The van der Waals surface area contributed by atoms with Gasteiger partial charge < -0.3 is 4.98 Å². The van der Waals surface area contributed by atoms with Gasteiger partial charge in [-0.15, -0.1) is 0 Å². The van der Waals surface area contributed by atoms with Crippen molar-refractivity contribution in [1.29, 1.82) is 0 Å². The molecule has 0 aliphatic rings. The molecule has 0 aliphatic carbocycles. The van der Waals surface area contributed by atoms with E-state index < -0.39 is 0 Å². The van der Waals surface area contributed by atoms with E-state index in [2.05, 4.69) is 22.2 Å². The summed E-state index contributed by atoms with van der Waals surface area (Å²) in [5, 5.41) is 5.57. The van der Waals surface area contributed by atoms with Gasteiger partial charge in [-0.1, -0.05) is 30.3 Å². The Morgan fingerprint density at radius 2 is 1.95 bits per heavy atom. The summed E-state index contributed by atoms with van der Waals surface area (Å²) >= 11 is 0. The Kier molecular flexibility index (Phi) is 2.71. The zero-order valence-corrected chi connectivity index (χ0v) is 11.0. The Hall–Kier alpha value is -2.36. The van der Waals surface area contributed by atoms with Crippen molar-refractivity contribution in [3.8, 4) is 0 Å². The highest BCUT2D eigenvalue weighted by Crippen LogP contribution is 2.19. The number of aromatic amines is 1. The fourth-order valence-corrected chi connectivity index (χ4v) is 2.47. The largest absolute Gasteiger partial charge is 0.307 e. The van der Waals surface area contributed by atoms with Gasteiger partial charge in [0.1, 0.15) is 5.65 Å². The van der Waals surface area contributed by atoms with Crippen LogP contribution in [0.4, 0.5) is 0 Å². The third-order valence-electron chi connectivity index (χ3n) is 3.29. The SMILES string of the molecule is Cc1cc(=O)[nH]c2c1c(C)nn2Cc1ccccc1. The predicted octanol–water partition coefficient (Wildman–Crippen LogP) is 2.39. The van der Waals surface area contributed by atoms with Gasteiger partial charge in [-0.3, -0.25) is 4.79 Å². The lowest BCUT2D eigenvalue weighted by Gasteiger charge is -2.03. The minimum atomic E-state index is -0.0841. The Morgan fingerprint density at radius 3 is 2.68 bits per heavy atom. The first-order valence-electron chi connectivity index (χ1n) is 6.26. The van der Waals surface area contributed by atoms with Gasteiger partial charge in [-0.2, -0.15) is 5.10 Å². The van der Waals surface area contributed by atoms with Crippen LogP contribution in [-0.4, -0.2) is 14.8 Å². The molecule has 96 valence electrons. The number of aryl methyl sites for hydroxylation is 2. The second-order valence-electron chi connectivity index (χ2n) is 4.77. The summed E-state index contributed by atoms with van der Waals surface area (Å²) in [5.74, 6) is 0. The summed E-state index contributed by atoms with van der Waals surface area (Å²) < 4.78 is 1.86. The van der Waals surface area contributed by atoms with Crippen molar-refractivity contribution in [3.63, 3.8) is 0 Å². The number of hydrogen-bond donors (Lipinski definition) is 1. The first kappa shape index (κ1) is 11.7. The molecule has 1 aromatic carbocycles. The maximum atomic E-state index is 11.6. The molecular formula is C15H15N3O. The Morgan fingerprint density at radius 1 is 1.21 bits per heavy atom. The third kappa shape index (κ3) is 2.05. The van der Waals surface area contributed by atoms with E-state index in [0.29, 0.717) is 6.54 Å². The van der Waals surface area contributed by atoms with Gasteiger partial charge >= 0.3 is 0 Å². The molecule has 3 aromatic rings. The van der Waals surface area contributed by atoms with E-state index in [9.17, 15) is 4.79 Å². The molecule has 1 N–H and O–H groups in total. The highest BCUT2D eigenvalue weighted by Gasteiger charge is 2.11. The monoisotopic (exact) mass is 253 g/mol. The van der Waals surface area contributed by atoms with E-state index in [1.807, 2.05) is 36.7 Å². The summed E-state index contributed by atoms with van der Waals surface area (Å²) in [7, 11) is 0. The predicted molar refractivity (Wildman–Crippen MR) is 75.4 cm³/mol. The van der Waals surface area contributed by atoms with Gasteiger partial charge in [0.15, 0.2) is 0 Å². The molecule has 0 spiro atoms. The van der Waals surface area contributed by atoms with Crippen molar-refractivity contribution in [2.24, 2.45) is 0 Å². The maximum Gasteiger partial charge on any atom is 0.249 e. The number of rotatable bonds is 2. The lowest BCUT2D eigenvalue weighted by Crippen LogP contribution is -2.09. The smallest absolute Gasteiger partial charge is 0.249 e. The number of nitrogens with one attached hydrogen (secondary N) is 1. The molecule has 3 rings (SSSR count). The summed E-state index contributed by atoms with van der Waals surface area (Å²) in [6.07, 6.45) is 0. The average Bonchev–Trinajstić information content (AvgIpc) is 2.67. The average molecular weight is 253 g/mol. The number of pyridine rings is 1. The zero-order valence-electron chi connectivity index (χ0n) is 11.0. The minimum Gasteiger partial charge on any atom is -0.307 e. The Labute approximate surface area is 110 Å². The number of benzene rings is 1. The van der Waals surface area contributed by atoms with Gasteiger partial charge in [-0.05, 0) is 25.0 Å². The van der Waals surface area contributed by atoms with Crippen LogP contribution in [0, 0.1) is 13.8 Å². The maximum absolute atomic E-state index is 11.6. The highest BCUT2D eigenvalue weighted by molar-refractivity contribution is 5.81.